The van der Waals surface area contributed by atoms with Gasteiger partial charge in [0.25, 0.3) is 5.91 Å². The van der Waals surface area contributed by atoms with Crippen LogP contribution < -0.4 is 15.0 Å². The first kappa shape index (κ1) is 25.1. The minimum absolute atomic E-state index is 0. The highest BCUT2D eigenvalue weighted by Gasteiger charge is 2.19. The highest BCUT2D eigenvalue weighted by Crippen LogP contribution is 2.36. The highest BCUT2D eigenvalue weighted by molar-refractivity contribution is 5.94. The standard InChI is InChI=1S/C29H33N3O2.ClH/c1-22-8-2-4-10-26(22)32-18-16-31(17-19-32)15-7-6-14-30-29(33)24-12-13-28-25(21-24)20-23-9-3-5-11-27(23)34-28;/h2-5,8-13,21H,6-7,14-20H2,1H3,(H,30,33);1H. The fourth-order valence-electron chi connectivity index (χ4n) is 4.93. The summed E-state index contributed by atoms with van der Waals surface area (Å²) in [6.45, 7) is 8.34. The number of para-hydroxylation sites is 2. The zero-order valence-electron chi connectivity index (χ0n) is 20.3. The van der Waals surface area contributed by atoms with Gasteiger partial charge in [-0.15, -0.1) is 12.4 Å². The van der Waals surface area contributed by atoms with Crippen molar-refractivity contribution in [3.05, 3.63) is 89.0 Å². The molecule has 0 unspecified atom stereocenters. The number of halogens is 1. The number of aryl methyl sites for hydroxylation is 1. The Morgan fingerprint density at radius 1 is 0.886 bits per heavy atom. The highest BCUT2D eigenvalue weighted by atomic mass is 35.5. The van der Waals surface area contributed by atoms with Gasteiger partial charge in [-0.3, -0.25) is 9.69 Å². The zero-order chi connectivity index (χ0) is 23.3. The molecular formula is C29H34ClN3O2. The summed E-state index contributed by atoms with van der Waals surface area (Å²) in [7, 11) is 0. The van der Waals surface area contributed by atoms with Crippen molar-refractivity contribution in [2.24, 2.45) is 0 Å². The van der Waals surface area contributed by atoms with E-state index in [9.17, 15) is 4.79 Å². The van der Waals surface area contributed by atoms with Gasteiger partial charge in [0, 0.05) is 56.0 Å². The second-order valence-corrected chi connectivity index (χ2v) is 9.29. The van der Waals surface area contributed by atoms with E-state index in [2.05, 4.69) is 52.4 Å². The minimum atomic E-state index is -0.00601. The van der Waals surface area contributed by atoms with Gasteiger partial charge in [-0.25, -0.2) is 0 Å². The Kier molecular flexibility index (Phi) is 8.32. The van der Waals surface area contributed by atoms with Crippen molar-refractivity contribution in [3.63, 3.8) is 0 Å². The van der Waals surface area contributed by atoms with Crippen LogP contribution in [0.25, 0.3) is 0 Å². The maximum Gasteiger partial charge on any atom is 0.251 e. The van der Waals surface area contributed by atoms with Crippen LogP contribution in [-0.2, 0) is 6.42 Å². The van der Waals surface area contributed by atoms with Crippen LogP contribution in [0.15, 0.2) is 66.7 Å². The molecule has 3 aromatic carbocycles. The monoisotopic (exact) mass is 491 g/mol. The van der Waals surface area contributed by atoms with Gasteiger partial charge in [0.15, 0.2) is 0 Å². The van der Waals surface area contributed by atoms with Gasteiger partial charge in [0.05, 0.1) is 0 Å². The van der Waals surface area contributed by atoms with E-state index in [-0.39, 0.29) is 18.3 Å². The zero-order valence-corrected chi connectivity index (χ0v) is 21.2. The number of amides is 1. The Hall–Kier alpha value is -3.02. The number of benzene rings is 3. The third-order valence-corrected chi connectivity index (χ3v) is 6.91. The number of unbranched alkanes of at least 4 members (excludes halogenated alkanes) is 1. The van der Waals surface area contributed by atoms with Gasteiger partial charge >= 0.3 is 0 Å². The molecule has 184 valence electrons. The van der Waals surface area contributed by atoms with Crippen LogP contribution in [0.4, 0.5) is 5.69 Å². The number of piperazine rings is 1. The molecule has 1 N–H and O–H groups in total. The maximum atomic E-state index is 12.7. The summed E-state index contributed by atoms with van der Waals surface area (Å²) < 4.78 is 5.98. The molecule has 5 rings (SSSR count). The lowest BCUT2D eigenvalue weighted by atomic mass is 9.98. The van der Waals surface area contributed by atoms with Crippen molar-refractivity contribution in [1.29, 1.82) is 0 Å². The van der Waals surface area contributed by atoms with Crippen molar-refractivity contribution >= 4 is 24.0 Å². The van der Waals surface area contributed by atoms with Gasteiger partial charge in [0.2, 0.25) is 0 Å². The summed E-state index contributed by atoms with van der Waals surface area (Å²) in [5, 5.41) is 3.09. The molecule has 3 aromatic rings. The third-order valence-electron chi connectivity index (χ3n) is 6.91. The lowest BCUT2D eigenvalue weighted by Gasteiger charge is -2.36. The first-order chi connectivity index (χ1) is 16.7. The van der Waals surface area contributed by atoms with E-state index in [1.165, 1.54) is 11.3 Å². The predicted octanol–water partition coefficient (Wildman–Crippen LogP) is 5.45. The number of ether oxygens (including phenoxy) is 1. The molecule has 1 amide bonds. The normalized spacial score (nSPS) is 14.8. The number of rotatable bonds is 7. The van der Waals surface area contributed by atoms with E-state index < -0.39 is 0 Å². The van der Waals surface area contributed by atoms with Crippen LogP contribution in [0.3, 0.4) is 0 Å². The lowest BCUT2D eigenvalue weighted by molar-refractivity contribution is 0.0952. The number of nitrogens with zero attached hydrogens (tertiary/aromatic N) is 2. The first-order valence-electron chi connectivity index (χ1n) is 12.4. The number of hydrogen-bond acceptors (Lipinski definition) is 4. The minimum Gasteiger partial charge on any atom is -0.457 e. The van der Waals surface area contributed by atoms with E-state index in [4.69, 9.17) is 4.74 Å². The predicted molar refractivity (Wildman–Crippen MR) is 144 cm³/mol. The fraction of sp³-hybridized carbons (Fsp3) is 0.345. The lowest BCUT2D eigenvalue weighted by Crippen LogP contribution is -2.46. The van der Waals surface area contributed by atoms with E-state index in [0.717, 1.165) is 74.6 Å². The molecule has 0 saturated carbocycles. The number of hydrogen-bond donors (Lipinski definition) is 1. The van der Waals surface area contributed by atoms with E-state index in [0.29, 0.717) is 12.1 Å². The Labute approximate surface area is 214 Å². The first-order valence-corrected chi connectivity index (χ1v) is 12.4. The number of anilines is 1. The number of nitrogens with one attached hydrogen (secondary N) is 1. The Morgan fingerprint density at radius 3 is 2.46 bits per heavy atom. The SMILES string of the molecule is Cc1ccccc1N1CCN(CCCCNC(=O)c2ccc3c(c2)Cc2ccccc2O3)CC1.Cl. The maximum absolute atomic E-state index is 12.7. The molecule has 0 aromatic heterocycles. The molecule has 1 saturated heterocycles. The Morgan fingerprint density at radius 2 is 1.63 bits per heavy atom. The summed E-state index contributed by atoms with van der Waals surface area (Å²) in [5.74, 6) is 1.75. The van der Waals surface area contributed by atoms with Gasteiger partial charge in [0.1, 0.15) is 11.5 Å². The molecule has 0 spiro atoms. The quantitative estimate of drug-likeness (QED) is 0.349. The molecule has 35 heavy (non-hydrogen) atoms. The molecule has 6 heteroatoms. The van der Waals surface area contributed by atoms with Crippen LogP contribution in [0.2, 0.25) is 0 Å². The summed E-state index contributed by atoms with van der Waals surface area (Å²) >= 11 is 0. The van der Waals surface area contributed by atoms with Gasteiger partial charge < -0.3 is 15.0 Å². The summed E-state index contributed by atoms with van der Waals surface area (Å²) in [6, 6.07) is 22.4. The Bertz CT molecular complexity index is 1160. The molecule has 2 aliphatic rings. The molecule has 2 heterocycles. The largest absolute Gasteiger partial charge is 0.457 e. The van der Waals surface area contributed by atoms with Crippen molar-refractivity contribution in [2.75, 3.05) is 44.2 Å². The van der Waals surface area contributed by atoms with Crippen LogP contribution in [0.1, 0.15) is 39.9 Å². The van der Waals surface area contributed by atoms with Crippen molar-refractivity contribution in [3.8, 4) is 11.5 Å². The fourth-order valence-corrected chi connectivity index (χ4v) is 4.93. The molecule has 0 radical (unpaired) electrons. The van der Waals surface area contributed by atoms with Crippen LogP contribution in [0, 0.1) is 6.92 Å². The second-order valence-electron chi connectivity index (χ2n) is 9.29. The second kappa shape index (κ2) is 11.6. The number of carbonyl (C=O) groups excluding carboxylic acids is 1. The smallest absolute Gasteiger partial charge is 0.251 e. The molecule has 0 bridgehead atoms. The Balaban J connectivity index is 0.00000289. The topological polar surface area (TPSA) is 44.8 Å². The van der Waals surface area contributed by atoms with Crippen LogP contribution >= 0.6 is 12.4 Å². The van der Waals surface area contributed by atoms with Gasteiger partial charge in [-0.2, -0.15) is 0 Å². The van der Waals surface area contributed by atoms with Crippen LogP contribution in [0.5, 0.6) is 11.5 Å². The van der Waals surface area contributed by atoms with E-state index in [1.54, 1.807) is 0 Å². The number of fused-ring (bicyclic) bond motifs is 2. The molecule has 0 aliphatic carbocycles. The third kappa shape index (κ3) is 5.98. The molecule has 0 atom stereocenters. The van der Waals surface area contributed by atoms with Crippen molar-refractivity contribution in [1.82, 2.24) is 10.2 Å². The molecular weight excluding hydrogens is 458 g/mol. The molecule has 1 fully saturated rings. The molecule has 5 nitrogen and oxygen atoms in total. The molecule has 2 aliphatic heterocycles. The average Bonchev–Trinajstić information content (AvgIpc) is 2.87. The average molecular weight is 492 g/mol. The van der Waals surface area contributed by atoms with Gasteiger partial charge in [-0.05, 0) is 67.8 Å². The van der Waals surface area contributed by atoms with Gasteiger partial charge in [-0.1, -0.05) is 36.4 Å². The summed E-state index contributed by atoms with van der Waals surface area (Å²) in [6.07, 6.45) is 2.88. The summed E-state index contributed by atoms with van der Waals surface area (Å²) in [4.78, 5) is 17.7. The summed E-state index contributed by atoms with van der Waals surface area (Å²) in [5.41, 5.74) is 5.64. The number of carbonyl (C=O) groups is 1. The van der Waals surface area contributed by atoms with Crippen LogP contribution in [-0.4, -0.2) is 50.1 Å². The van der Waals surface area contributed by atoms with Crippen molar-refractivity contribution in [2.45, 2.75) is 26.2 Å². The van der Waals surface area contributed by atoms with E-state index >= 15 is 0 Å². The van der Waals surface area contributed by atoms with E-state index in [1.807, 2.05) is 36.4 Å². The van der Waals surface area contributed by atoms with Crippen molar-refractivity contribution < 1.29 is 9.53 Å².